The summed E-state index contributed by atoms with van der Waals surface area (Å²) in [5.74, 6) is 0.958. The minimum absolute atomic E-state index is 0.0169. The highest BCUT2D eigenvalue weighted by Gasteiger charge is 2.49. The number of anilines is 2. The maximum absolute atomic E-state index is 12.9. The molecule has 1 aliphatic heterocycles. The molecule has 1 amide bonds. The van der Waals surface area contributed by atoms with Crippen LogP contribution >= 0.6 is 0 Å². The highest BCUT2D eigenvalue weighted by Crippen LogP contribution is 2.43. The summed E-state index contributed by atoms with van der Waals surface area (Å²) in [6.45, 7) is 5.91. The van der Waals surface area contributed by atoms with Crippen LogP contribution in [0.5, 0.6) is 0 Å². The molecule has 1 fully saturated rings. The fraction of sp³-hybridized carbons (Fsp3) is 0.222. The number of carbonyl (C=O) groups is 1. The zero-order valence-electron chi connectivity index (χ0n) is 18.9. The van der Waals surface area contributed by atoms with Crippen LogP contribution in [0, 0.1) is 0 Å². The van der Waals surface area contributed by atoms with E-state index in [-0.39, 0.29) is 12.1 Å². The van der Waals surface area contributed by atoms with Crippen LogP contribution in [-0.2, 0) is 4.74 Å². The van der Waals surface area contributed by atoms with Gasteiger partial charge in [0.15, 0.2) is 0 Å². The highest BCUT2D eigenvalue weighted by molar-refractivity contribution is 5.90. The van der Waals surface area contributed by atoms with Crippen molar-refractivity contribution in [1.82, 2.24) is 9.97 Å². The molecule has 5 rings (SSSR count). The number of nitrogens with zero attached hydrogens (tertiary/aromatic N) is 3. The largest absolute Gasteiger partial charge is 0.440 e. The molecule has 33 heavy (non-hydrogen) atoms. The zero-order valence-corrected chi connectivity index (χ0v) is 18.9. The lowest BCUT2D eigenvalue weighted by atomic mass is 9.91. The quantitative estimate of drug-likeness (QED) is 0.397. The van der Waals surface area contributed by atoms with E-state index in [9.17, 15) is 4.79 Å². The average Bonchev–Trinajstić information content (AvgIpc) is 3.07. The Morgan fingerprint density at radius 2 is 1.70 bits per heavy atom. The lowest BCUT2D eigenvalue weighted by Crippen LogP contribution is -2.34. The molecule has 1 aliphatic rings. The standard InChI is InChI=1S/C27H26N4O2/c1-18(21-14-13-19-9-7-8-12-22(19)17-21)29-25-28-16-15-23(30-25)31-24(20-10-5-4-6-11-20)27(2,3)33-26(31)32/h4-18,24H,1-3H3,(H,28,29,30)/t18-,24-/m0/s1. The maximum Gasteiger partial charge on any atom is 0.416 e. The number of ether oxygens (including phenoxy) is 1. The number of rotatable bonds is 5. The first kappa shape index (κ1) is 20.9. The van der Waals surface area contributed by atoms with Crippen LogP contribution in [0.3, 0.4) is 0 Å². The van der Waals surface area contributed by atoms with E-state index in [2.05, 4.69) is 52.5 Å². The fourth-order valence-electron chi connectivity index (χ4n) is 4.46. The third-order valence-corrected chi connectivity index (χ3v) is 6.09. The Morgan fingerprint density at radius 3 is 2.48 bits per heavy atom. The Bertz CT molecular complexity index is 1310. The van der Waals surface area contributed by atoms with E-state index in [1.54, 1.807) is 17.2 Å². The van der Waals surface area contributed by atoms with E-state index in [1.165, 1.54) is 10.8 Å². The van der Waals surface area contributed by atoms with Crippen molar-refractivity contribution in [3.05, 3.63) is 96.2 Å². The number of fused-ring (bicyclic) bond motifs is 1. The molecule has 6 nitrogen and oxygen atoms in total. The van der Waals surface area contributed by atoms with Crippen LogP contribution < -0.4 is 10.2 Å². The van der Waals surface area contributed by atoms with Gasteiger partial charge in [-0.05, 0) is 54.8 Å². The molecule has 0 bridgehead atoms. The third-order valence-electron chi connectivity index (χ3n) is 6.09. The van der Waals surface area contributed by atoms with E-state index in [0.29, 0.717) is 11.8 Å². The van der Waals surface area contributed by atoms with Gasteiger partial charge in [0, 0.05) is 6.20 Å². The monoisotopic (exact) mass is 438 g/mol. The van der Waals surface area contributed by atoms with Crippen LogP contribution in [0.25, 0.3) is 10.8 Å². The van der Waals surface area contributed by atoms with Gasteiger partial charge in [0.2, 0.25) is 5.95 Å². The van der Waals surface area contributed by atoms with Gasteiger partial charge < -0.3 is 10.1 Å². The van der Waals surface area contributed by atoms with Crippen molar-refractivity contribution < 1.29 is 9.53 Å². The molecule has 3 aromatic carbocycles. The molecule has 0 unspecified atom stereocenters. The topological polar surface area (TPSA) is 67.4 Å². The lowest BCUT2D eigenvalue weighted by molar-refractivity contribution is 0.0685. The normalized spacial score (nSPS) is 18.2. The highest BCUT2D eigenvalue weighted by atomic mass is 16.6. The molecule has 0 spiro atoms. The molecule has 0 saturated carbocycles. The Balaban J connectivity index is 1.44. The van der Waals surface area contributed by atoms with Gasteiger partial charge in [-0.15, -0.1) is 0 Å². The van der Waals surface area contributed by atoms with Crippen LogP contribution in [0.4, 0.5) is 16.6 Å². The first-order valence-electron chi connectivity index (χ1n) is 11.1. The first-order chi connectivity index (χ1) is 15.9. The van der Waals surface area contributed by atoms with Gasteiger partial charge in [0.05, 0.1) is 6.04 Å². The molecule has 2 heterocycles. The Kier molecular flexibility index (Phi) is 5.21. The summed E-state index contributed by atoms with van der Waals surface area (Å²) in [6.07, 6.45) is 1.25. The lowest BCUT2D eigenvalue weighted by Gasteiger charge is -2.28. The summed E-state index contributed by atoms with van der Waals surface area (Å²) in [6, 6.07) is 26.0. The summed E-state index contributed by atoms with van der Waals surface area (Å²) >= 11 is 0. The van der Waals surface area contributed by atoms with E-state index in [1.807, 2.05) is 56.3 Å². The van der Waals surface area contributed by atoms with Gasteiger partial charge in [-0.25, -0.2) is 14.7 Å². The van der Waals surface area contributed by atoms with Crippen LogP contribution in [0.15, 0.2) is 85.1 Å². The van der Waals surface area contributed by atoms with Crippen LogP contribution in [0.1, 0.15) is 44.0 Å². The second kappa shape index (κ2) is 8.20. The van der Waals surface area contributed by atoms with Gasteiger partial charge in [-0.1, -0.05) is 66.7 Å². The summed E-state index contributed by atoms with van der Waals surface area (Å²) in [5.41, 5.74) is 1.42. The SMILES string of the molecule is C[C@H](Nc1nccc(N2C(=O)OC(C)(C)[C@@H]2c2ccccc2)n1)c1ccc2ccccc2c1. The number of cyclic esters (lactones) is 1. The Morgan fingerprint density at radius 1 is 0.970 bits per heavy atom. The maximum atomic E-state index is 12.9. The summed E-state index contributed by atoms with van der Waals surface area (Å²) in [7, 11) is 0. The molecule has 166 valence electrons. The van der Waals surface area contributed by atoms with Gasteiger partial charge in [0.1, 0.15) is 17.5 Å². The van der Waals surface area contributed by atoms with E-state index >= 15 is 0 Å². The molecule has 2 atom stereocenters. The number of nitrogens with one attached hydrogen (secondary N) is 1. The summed E-state index contributed by atoms with van der Waals surface area (Å²) in [5, 5.41) is 5.76. The smallest absolute Gasteiger partial charge is 0.416 e. The number of hydrogen-bond donors (Lipinski definition) is 1. The van der Waals surface area contributed by atoms with Crippen molar-refractivity contribution in [2.24, 2.45) is 0 Å². The van der Waals surface area contributed by atoms with E-state index in [4.69, 9.17) is 4.74 Å². The Labute approximate surface area is 193 Å². The second-order valence-corrected chi connectivity index (χ2v) is 8.87. The van der Waals surface area contributed by atoms with Gasteiger partial charge in [-0.3, -0.25) is 0 Å². The summed E-state index contributed by atoms with van der Waals surface area (Å²) < 4.78 is 5.72. The molecule has 4 aromatic rings. The predicted octanol–water partition coefficient (Wildman–Crippen LogP) is 6.28. The Hall–Kier alpha value is -3.93. The molecule has 1 saturated heterocycles. The summed E-state index contributed by atoms with van der Waals surface area (Å²) in [4.78, 5) is 23.6. The number of hydrogen-bond acceptors (Lipinski definition) is 5. The molecule has 1 aromatic heterocycles. The van der Waals surface area contributed by atoms with Crippen LogP contribution in [-0.4, -0.2) is 21.7 Å². The molecule has 6 heteroatoms. The van der Waals surface area contributed by atoms with Crippen molar-refractivity contribution in [3.8, 4) is 0 Å². The predicted molar refractivity (Wildman–Crippen MR) is 130 cm³/mol. The number of carbonyl (C=O) groups excluding carboxylic acids is 1. The minimum atomic E-state index is -0.699. The molecule has 0 radical (unpaired) electrons. The van der Waals surface area contributed by atoms with Gasteiger partial charge in [-0.2, -0.15) is 4.98 Å². The van der Waals surface area contributed by atoms with Crippen molar-refractivity contribution in [1.29, 1.82) is 0 Å². The minimum Gasteiger partial charge on any atom is -0.440 e. The van der Waals surface area contributed by atoms with Gasteiger partial charge in [0.25, 0.3) is 0 Å². The van der Waals surface area contributed by atoms with Crippen molar-refractivity contribution in [2.75, 3.05) is 10.2 Å². The number of aromatic nitrogens is 2. The molecular weight excluding hydrogens is 412 g/mol. The fourth-order valence-corrected chi connectivity index (χ4v) is 4.46. The number of benzene rings is 3. The molecular formula is C27H26N4O2. The average molecular weight is 439 g/mol. The van der Waals surface area contributed by atoms with E-state index < -0.39 is 11.7 Å². The third kappa shape index (κ3) is 4.00. The molecule has 1 N–H and O–H groups in total. The first-order valence-corrected chi connectivity index (χ1v) is 11.1. The van der Waals surface area contributed by atoms with Crippen molar-refractivity contribution in [3.63, 3.8) is 0 Å². The zero-order chi connectivity index (χ0) is 23.0. The van der Waals surface area contributed by atoms with Crippen molar-refractivity contribution in [2.45, 2.75) is 38.5 Å². The molecule has 0 aliphatic carbocycles. The van der Waals surface area contributed by atoms with Crippen LogP contribution in [0.2, 0.25) is 0 Å². The van der Waals surface area contributed by atoms with Gasteiger partial charge >= 0.3 is 6.09 Å². The second-order valence-electron chi connectivity index (χ2n) is 8.87. The van der Waals surface area contributed by atoms with E-state index in [0.717, 1.165) is 11.1 Å². The number of amides is 1. The van der Waals surface area contributed by atoms with Crippen molar-refractivity contribution >= 4 is 28.6 Å².